The number of fused-ring (bicyclic) bond motifs is 4. The van der Waals surface area contributed by atoms with Crippen molar-refractivity contribution < 1.29 is 0 Å². The number of hydrogen-bond donors (Lipinski definition) is 0. The fraction of sp³-hybridized carbons (Fsp3) is 0.0400. The zero-order valence-corrected chi connectivity index (χ0v) is 14.2. The topological polar surface area (TPSA) is 0 Å². The molecule has 0 N–H and O–H groups in total. The van der Waals surface area contributed by atoms with Crippen LogP contribution in [0.3, 0.4) is 0 Å². The summed E-state index contributed by atoms with van der Waals surface area (Å²) < 4.78 is 0. The normalized spacial score (nSPS) is 11.4. The molecule has 0 fully saturated rings. The summed E-state index contributed by atoms with van der Waals surface area (Å²) in [5.74, 6) is 0. The van der Waals surface area contributed by atoms with Crippen molar-refractivity contribution in [1.82, 2.24) is 0 Å². The van der Waals surface area contributed by atoms with Gasteiger partial charge in [-0.2, -0.15) is 0 Å². The van der Waals surface area contributed by atoms with E-state index in [1.54, 1.807) is 0 Å². The predicted molar refractivity (Wildman–Crippen MR) is 109 cm³/mol. The Labute approximate surface area is 147 Å². The van der Waals surface area contributed by atoms with E-state index in [9.17, 15) is 0 Å². The van der Waals surface area contributed by atoms with E-state index in [1.807, 2.05) is 0 Å². The van der Waals surface area contributed by atoms with Gasteiger partial charge in [-0.1, -0.05) is 90.5 Å². The first-order valence-corrected chi connectivity index (χ1v) is 8.71. The Morgan fingerprint density at radius 3 is 2.08 bits per heavy atom. The Bertz CT molecular complexity index is 1240. The molecular weight excluding hydrogens is 300 g/mol. The fourth-order valence-electron chi connectivity index (χ4n) is 3.84. The summed E-state index contributed by atoms with van der Waals surface area (Å²) in [5.41, 5.74) is 3.87. The lowest BCUT2D eigenvalue weighted by atomic mass is 9.94. The lowest BCUT2D eigenvalue weighted by Gasteiger charge is -2.10. The van der Waals surface area contributed by atoms with Crippen LogP contribution in [0.4, 0.5) is 0 Å². The zero-order valence-electron chi connectivity index (χ0n) is 14.2. The van der Waals surface area contributed by atoms with E-state index in [0.717, 1.165) is 0 Å². The summed E-state index contributed by atoms with van der Waals surface area (Å²) in [7, 11) is 0. The molecule has 0 radical (unpaired) electrons. The molecule has 0 aliphatic heterocycles. The Kier molecular flexibility index (Phi) is 3.11. The lowest BCUT2D eigenvalue weighted by molar-refractivity contribution is 1.51. The van der Waals surface area contributed by atoms with E-state index < -0.39 is 0 Å². The van der Waals surface area contributed by atoms with Crippen LogP contribution in [-0.4, -0.2) is 0 Å². The van der Waals surface area contributed by atoms with Crippen molar-refractivity contribution in [3.8, 4) is 11.1 Å². The maximum atomic E-state index is 2.32. The van der Waals surface area contributed by atoms with Crippen molar-refractivity contribution in [1.29, 1.82) is 0 Å². The van der Waals surface area contributed by atoms with E-state index in [4.69, 9.17) is 0 Å². The van der Waals surface area contributed by atoms with Gasteiger partial charge in [0.05, 0.1) is 0 Å². The molecule has 0 atom stereocenters. The van der Waals surface area contributed by atoms with Crippen LogP contribution >= 0.6 is 0 Å². The van der Waals surface area contributed by atoms with E-state index in [-0.39, 0.29) is 0 Å². The van der Waals surface area contributed by atoms with Crippen LogP contribution in [0.1, 0.15) is 5.56 Å². The fourth-order valence-corrected chi connectivity index (χ4v) is 3.84. The standard InChI is InChI=1S/C25H18/c1-17-9-13-24-19(15-17)10-11-20-16-21(12-14-25(20)24)23-8-4-6-18-5-2-3-7-22(18)23/h2-16H,1H3. The smallest absolute Gasteiger partial charge is 0.0105 e. The van der Waals surface area contributed by atoms with Gasteiger partial charge in [-0.05, 0) is 56.4 Å². The highest BCUT2D eigenvalue weighted by Crippen LogP contribution is 2.33. The molecule has 25 heavy (non-hydrogen) atoms. The average molecular weight is 318 g/mol. The van der Waals surface area contributed by atoms with Gasteiger partial charge in [0.15, 0.2) is 0 Å². The Morgan fingerprint density at radius 2 is 1.20 bits per heavy atom. The molecule has 5 aromatic carbocycles. The summed E-state index contributed by atoms with van der Waals surface area (Å²) >= 11 is 0. The van der Waals surface area contributed by atoms with Gasteiger partial charge in [0.25, 0.3) is 0 Å². The van der Waals surface area contributed by atoms with Gasteiger partial charge in [0.2, 0.25) is 0 Å². The molecule has 0 saturated carbocycles. The van der Waals surface area contributed by atoms with Crippen LogP contribution in [0, 0.1) is 6.92 Å². The van der Waals surface area contributed by atoms with Gasteiger partial charge < -0.3 is 0 Å². The number of benzene rings is 5. The van der Waals surface area contributed by atoms with E-state index in [0.29, 0.717) is 0 Å². The molecule has 0 bridgehead atoms. The first-order chi connectivity index (χ1) is 12.3. The molecule has 0 nitrogen and oxygen atoms in total. The van der Waals surface area contributed by atoms with Crippen LogP contribution in [0.5, 0.6) is 0 Å². The highest BCUT2D eigenvalue weighted by Gasteiger charge is 2.06. The minimum atomic E-state index is 1.27. The Balaban J connectivity index is 1.78. The molecule has 0 aromatic heterocycles. The third kappa shape index (κ3) is 2.30. The lowest BCUT2D eigenvalue weighted by Crippen LogP contribution is -1.84. The quantitative estimate of drug-likeness (QED) is 0.289. The Hall–Kier alpha value is -3.12. The minimum absolute atomic E-state index is 1.27. The van der Waals surface area contributed by atoms with Crippen molar-refractivity contribution >= 4 is 32.3 Å². The van der Waals surface area contributed by atoms with Crippen LogP contribution in [0.2, 0.25) is 0 Å². The van der Waals surface area contributed by atoms with Gasteiger partial charge in [-0.15, -0.1) is 0 Å². The Morgan fingerprint density at radius 1 is 0.480 bits per heavy atom. The molecule has 5 rings (SSSR count). The molecule has 0 spiro atoms. The molecule has 0 aliphatic rings. The predicted octanol–water partition coefficient (Wildman–Crippen LogP) is 7.12. The summed E-state index contributed by atoms with van der Waals surface area (Å²) in [5, 5.41) is 7.84. The second-order valence-corrected chi connectivity index (χ2v) is 6.75. The summed E-state index contributed by atoms with van der Waals surface area (Å²) in [6.07, 6.45) is 0. The average Bonchev–Trinajstić information content (AvgIpc) is 2.66. The van der Waals surface area contributed by atoms with Crippen LogP contribution in [-0.2, 0) is 0 Å². The van der Waals surface area contributed by atoms with Crippen molar-refractivity contribution in [2.75, 3.05) is 0 Å². The molecule has 0 unspecified atom stereocenters. The van der Waals surface area contributed by atoms with E-state index >= 15 is 0 Å². The van der Waals surface area contributed by atoms with Crippen LogP contribution < -0.4 is 0 Å². The molecular formula is C25H18. The number of hydrogen-bond acceptors (Lipinski definition) is 0. The zero-order chi connectivity index (χ0) is 16.8. The van der Waals surface area contributed by atoms with E-state index in [1.165, 1.54) is 49.0 Å². The number of rotatable bonds is 1. The molecule has 5 aromatic rings. The summed E-state index contributed by atoms with van der Waals surface area (Å²) in [6.45, 7) is 2.15. The first kappa shape index (κ1) is 14.2. The number of aryl methyl sites for hydroxylation is 1. The third-order valence-corrected chi connectivity index (χ3v) is 5.09. The van der Waals surface area contributed by atoms with Gasteiger partial charge >= 0.3 is 0 Å². The second kappa shape index (κ2) is 5.46. The van der Waals surface area contributed by atoms with Crippen molar-refractivity contribution in [3.63, 3.8) is 0 Å². The first-order valence-electron chi connectivity index (χ1n) is 8.71. The molecule has 118 valence electrons. The van der Waals surface area contributed by atoms with Gasteiger partial charge in [0, 0.05) is 0 Å². The molecule has 0 amide bonds. The van der Waals surface area contributed by atoms with Crippen molar-refractivity contribution in [3.05, 3.63) is 96.6 Å². The molecule has 0 saturated heterocycles. The minimum Gasteiger partial charge on any atom is -0.0616 e. The van der Waals surface area contributed by atoms with Gasteiger partial charge in [-0.3, -0.25) is 0 Å². The maximum absolute atomic E-state index is 2.32. The highest BCUT2D eigenvalue weighted by atomic mass is 14.1. The monoisotopic (exact) mass is 318 g/mol. The van der Waals surface area contributed by atoms with Crippen LogP contribution in [0.15, 0.2) is 91.0 Å². The SMILES string of the molecule is Cc1ccc2c(ccc3cc(-c4cccc5ccccc45)ccc32)c1. The summed E-state index contributed by atoms with van der Waals surface area (Å²) in [4.78, 5) is 0. The molecule has 0 heterocycles. The second-order valence-electron chi connectivity index (χ2n) is 6.75. The van der Waals surface area contributed by atoms with Crippen molar-refractivity contribution in [2.24, 2.45) is 0 Å². The van der Waals surface area contributed by atoms with Gasteiger partial charge in [0.1, 0.15) is 0 Å². The van der Waals surface area contributed by atoms with Gasteiger partial charge in [-0.25, -0.2) is 0 Å². The van der Waals surface area contributed by atoms with E-state index in [2.05, 4.69) is 97.9 Å². The van der Waals surface area contributed by atoms with Crippen molar-refractivity contribution in [2.45, 2.75) is 6.92 Å². The van der Waals surface area contributed by atoms with Crippen LogP contribution in [0.25, 0.3) is 43.4 Å². The largest absolute Gasteiger partial charge is 0.0616 e. The molecule has 0 aliphatic carbocycles. The third-order valence-electron chi connectivity index (χ3n) is 5.09. The maximum Gasteiger partial charge on any atom is -0.0105 e. The molecule has 0 heteroatoms. The summed E-state index contributed by atoms with van der Waals surface area (Å²) in [6, 6.07) is 33.1. The highest BCUT2D eigenvalue weighted by molar-refractivity contribution is 6.09.